The monoisotopic (exact) mass is 279 g/mol. The number of hydrogen-bond donors (Lipinski definition) is 2. The van der Waals surface area contributed by atoms with Crippen LogP contribution >= 0.6 is 0 Å². The van der Waals surface area contributed by atoms with Crippen LogP contribution in [0.3, 0.4) is 0 Å². The van der Waals surface area contributed by atoms with Crippen molar-refractivity contribution in [1.82, 2.24) is 5.32 Å². The molecule has 0 radical (unpaired) electrons. The lowest BCUT2D eigenvalue weighted by Gasteiger charge is -2.21. The summed E-state index contributed by atoms with van der Waals surface area (Å²) in [6.07, 6.45) is 2.27. The topological polar surface area (TPSA) is 58.6 Å². The Morgan fingerprint density at radius 3 is 3.00 bits per heavy atom. The number of aliphatic hydroxyl groups excluding tert-OH is 1. The van der Waals surface area contributed by atoms with E-state index < -0.39 is 11.9 Å². The fourth-order valence-corrected chi connectivity index (χ4v) is 3.06. The first-order valence-corrected chi connectivity index (χ1v) is 7.00. The van der Waals surface area contributed by atoms with Gasteiger partial charge in [-0.2, -0.15) is 0 Å². The van der Waals surface area contributed by atoms with Crippen molar-refractivity contribution in [3.63, 3.8) is 0 Å². The van der Waals surface area contributed by atoms with Crippen LogP contribution in [0.5, 0.6) is 0 Å². The van der Waals surface area contributed by atoms with Crippen LogP contribution in [0, 0.1) is 5.82 Å². The molecule has 2 heterocycles. The second-order valence-electron chi connectivity index (χ2n) is 5.56. The summed E-state index contributed by atoms with van der Waals surface area (Å²) in [5, 5.41) is 12.9. The molecule has 3 rings (SSSR count). The first-order valence-electron chi connectivity index (χ1n) is 7.00. The van der Waals surface area contributed by atoms with Gasteiger partial charge in [-0.1, -0.05) is 12.1 Å². The van der Waals surface area contributed by atoms with E-state index >= 15 is 0 Å². The van der Waals surface area contributed by atoms with Crippen molar-refractivity contribution in [3.8, 4) is 0 Å². The number of carbonyl (C=O) groups excluding carboxylic acids is 1. The molecule has 4 nitrogen and oxygen atoms in total. The number of amides is 1. The van der Waals surface area contributed by atoms with Crippen LogP contribution in [0.15, 0.2) is 24.3 Å². The molecule has 1 aromatic carbocycles. The van der Waals surface area contributed by atoms with Gasteiger partial charge in [0.25, 0.3) is 0 Å². The SMILES string of the molecule is O=C(CC(O)c1cccc(F)c1)NC1CC2CCC1O2. The highest BCUT2D eigenvalue weighted by Gasteiger charge is 2.41. The third-order valence-electron chi connectivity index (χ3n) is 4.06. The van der Waals surface area contributed by atoms with Gasteiger partial charge in [0.2, 0.25) is 5.91 Å². The Kier molecular flexibility index (Phi) is 3.72. The molecular weight excluding hydrogens is 261 g/mol. The van der Waals surface area contributed by atoms with Crippen LogP contribution < -0.4 is 5.32 Å². The smallest absolute Gasteiger partial charge is 0.223 e. The maximum atomic E-state index is 13.1. The quantitative estimate of drug-likeness (QED) is 0.881. The Hall–Kier alpha value is -1.46. The Labute approximate surface area is 116 Å². The number of fused-ring (bicyclic) bond motifs is 2. The number of carbonyl (C=O) groups is 1. The predicted octanol–water partition coefficient (Wildman–Crippen LogP) is 1.69. The minimum Gasteiger partial charge on any atom is -0.388 e. The van der Waals surface area contributed by atoms with E-state index in [9.17, 15) is 14.3 Å². The largest absolute Gasteiger partial charge is 0.388 e. The lowest BCUT2D eigenvalue weighted by molar-refractivity contribution is -0.124. The molecule has 20 heavy (non-hydrogen) atoms. The van der Waals surface area contributed by atoms with Gasteiger partial charge in [-0.15, -0.1) is 0 Å². The van der Waals surface area contributed by atoms with Gasteiger partial charge in [-0.25, -0.2) is 4.39 Å². The van der Waals surface area contributed by atoms with Gasteiger partial charge in [0.15, 0.2) is 0 Å². The second-order valence-corrected chi connectivity index (χ2v) is 5.56. The minimum absolute atomic E-state index is 0.0564. The number of hydrogen-bond acceptors (Lipinski definition) is 3. The van der Waals surface area contributed by atoms with E-state index in [0.29, 0.717) is 5.56 Å². The van der Waals surface area contributed by atoms with Crippen LogP contribution in [0.2, 0.25) is 0 Å². The second kappa shape index (κ2) is 5.50. The third kappa shape index (κ3) is 2.83. The Bertz CT molecular complexity index is 508. The van der Waals surface area contributed by atoms with E-state index in [2.05, 4.69) is 5.32 Å². The van der Waals surface area contributed by atoms with Crippen LogP contribution in [-0.4, -0.2) is 29.3 Å². The van der Waals surface area contributed by atoms with Crippen LogP contribution in [-0.2, 0) is 9.53 Å². The molecule has 2 aliphatic rings. The van der Waals surface area contributed by atoms with Crippen LogP contribution in [0.4, 0.5) is 4.39 Å². The first kappa shape index (κ1) is 13.5. The molecule has 2 fully saturated rings. The van der Waals surface area contributed by atoms with Crippen molar-refractivity contribution >= 4 is 5.91 Å². The van der Waals surface area contributed by atoms with Gasteiger partial charge in [0.05, 0.1) is 30.8 Å². The van der Waals surface area contributed by atoms with Crippen molar-refractivity contribution in [3.05, 3.63) is 35.6 Å². The predicted molar refractivity (Wildman–Crippen MR) is 70.4 cm³/mol. The molecule has 0 spiro atoms. The molecule has 5 heteroatoms. The summed E-state index contributed by atoms with van der Waals surface area (Å²) in [7, 11) is 0. The van der Waals surface area contributed by atoms with Crippen molar-refractivity contribution in [2.75, 3.05) is 0 Å². The van der Waals surface area contributed by atoms with Crippen LogP contribution in [0.25, 0.3) is 0 Å². The number of benzene rings is 1. The number of nitrogens with one attached hydrogen (secondary N) is 1. The fourth-order valence-electron chi connectivity index (χ4n) is 3.06. The van der Waals surface area contributed by atoms with Gasteiger partial charge in [-0.3, -0.25) is 4.79 Å². The summed E-state index contributed by atoms with van der Waals surface area (Å²) in [4.78, 5) is 11.9. The highest BCUT2D eigenvalue weighted by Crippen LogP contribution is 2.34. The van der Waals surface area contributed by atoms with Crippen LogP contribution in [0.1, 0.15) is 37.4 Å². The molecule has 1 amide bonds. The normalized spacial score (nSPS) is 29.4. The molecule has 2 bridgehead atoms. The van der Waals surface area contributed by atoms with E-state index in [4.69, 9.17) is 4.74 Å². The molecule has 2 N–H and O–H groups in total. The summed E-state index contributed by atoms with van der Waals surface area (Å²) < 4.78 is 18.7. The number of halogens is 1. The zero-order valence-electron chi connectivity index (χ0n) is 11.1. The molecule has 0 aliphatic carbocycles. The van der Waals surface area contributed by atoms with Gasteiger partial charge in [0.1, 0.15) is 5.82 Å². The average molecular weight is 279 g/mol. The number of ether oxygens (including phenoxy) is 1. The third-order valence-corrected chi connectivity index (χ3v) is 4.06. The van der Waals surface area contributed by atoms with E-state index in [1.165, 1.54) is 18.2 Å². The van der Waals surface area contributed by atoms with Crippen molar-refractivity contribution in [1.29, 1.82) is 0 Å². The number of aliphatic hydroxyl groups is 1. The molecular formula is C15H18FNO3. The van der Waals surface area contributed by atoms with Gasteiger partial charge >= 0.3 is 0 Å². The molecule has 0 aromatic heterocycles. The summed E-state index contributed by atoms with van der Waals surface area (Å²) in [6.45, 7) is 0. The van der Waals surface area contributed by atoms with Crippen molar-refractivity contribution < 1.29 is 19.0 Å². The highest BCUT2D eigenvalue weighted by atomic mass is 19.1. The molecule has 2 aliphatic heterocycles. The van der Waals surface area contributed by atoms with E-state index in [-0.39, 0.29) is 30.6 Å². The lowest BCUT2D eigenvalue weighted by Crippen LogP contribution is -2.41. The Morgan fingerprint density at radius 1 is 1.50 bits per heavy atom. The molecule has 1 aromatic rings. The maximum absolute atomic E-state index is 13.1. The highest BCUT2D eigenvalue weighted by molar-refractivity contribution is 5.77. The molecule has 4 unspecified atom stereocenters. The van der Waals surface area contributed by atoms with Crippen molar-refractivity contribution in [2.24, 2.45) is 0 Å². The van der Waals surface area contributed by atoms with E-state index in [1.807, 2.05) is 0 Å². The molecule has 2 saturated heterocycles. The fraction of sp³-hybridized carbons (Fsp3) is 0.533. The molecule has 4 atom stereocenters. The van der Waals surface area contributed by atoms with E-state index in [0.717, 1.165) is 19.3 Å². The van der Waals surface area contributed by atoms with Gasteiger partial charge in [0, 0.05) is 0 Å². The van der Waals surface area contributed by atoms with E-state index in [1.54, 1.807) is 6.07 Å². The summed E-state index contributed by atoms with van der Waals surface area (Å²) in [5.74, 6) is -0.633. The summed E-state index contributed by atoms with van der Waals surface area (Å²) >= 11 is 0. The lowest BCUT2D eigenvalue weighted by atomic mass is 9.95. The van der Waals surface area contributed by atoms with Gasteiger partial charge in [-0.05, 0) is 37.0 Å². The van der Waals surface area contributed by atoms with Gasteiger partial charge < -0.3 is 15.2 Å². The number of rotatable bonds is 4. The Morgan fingerprint density at radius 2 is 2.35 bits per heavy atom. The van der Waals surface area contributed by atoms with Crippen molar-refractivity contribution in [2.45, 2.75) is 50.0 Å². The minimum atomic E-state index is -0.981. The summed E-state index contributed by atoms with van der Waals surface area (Å²) in [5.41, 5.74) is 0.421. The average Bonchev–Trinajstić information content (AvgIpc) is 3.00. The summed E-state index contributed by atoms with van der Waals surface area (Å²) in [6, 6.07) is 5.75. The molecule has 0 saturated carbocycles. The zero-order valence-corrected chi connectivity index (χ0v) is 11.1. The zero-order chi connectivity index (χ0) is 14.1. The maximum Gasteiger partial charge on any atom is 0.223 e. The molecule has 108 valence electrons. The standard InChI is InChI=1S/C15H18FNO3/c16-10-3-1-2-9(6-10)13(18)8-15(19)17-12-7-11-4-5-14(12)20-11/h1-3,6,11-14,18H,4-5,7-8H2,(H,17,19). The first-order chi connectivity index (χ1) is 9.61. The Balaban J connectivity index is 1.53.